The second-order valence-electron chi connectivity index (χ2n) is 3.27. The van der Waals surface area contributed by atoms with Gasteiger partial charge in [0.2, 0.25) is 6.29 Å². The molecule has 1 aliphatic rings. The van der Waals surface area contributed by atoms with E-state index in [1.54, 1.807) is 0 Å². The summed E-state index contributed by atoms with van der Waals surface area (Å²) in [6.07, 6.45) is 5.60. The summed E-state index contributed by atoms with van der Waals surface area (Å²) in [6, 6.07) is 0. The molecule has 0 saturated heterocycles. The van der Waals surface area contributed by atoms with E-state index in [4.69, 9.17) is 9.26 Å². The number of rotatable bonds is 8. The van der Waals surface area contributed by atoms with Gasteiger partial charge in [-0.3, -0.25) is 9.04 Å². The molecule has 16 heavy (non-hydrogen) atoms. The van der Waals surface area contributed by atoms with Crippen molar-refractivity contribution in [2.75, 3.05) is 0 Å². The molecule has 1 rings (SSSR count). The van der Waals surface area contributed by atoms with Crippen LogP contribution in [0.2, 0.25) is 0 Å². The molecular weight excluding hydrogens is 263 g/mol. The first kappa shape index (κ1) is 14.3. The lowest BCUT2D eigenvalue weighted by Crippen LogP contribution is -2.10. The van der Waals surface area contributed by atoms with Crippen molar-refractivity contribution in [3.05, 3.63) is 12.8 Å². The molecule has 1 aliphatic heterocycles. The van der Waals surface area contributed by atoms with Crippen molar-refractivity contribution in [2.24, 2.45) is 13.5 Å². The number of ether oxygens (including phenoxy) is 1. The molecule has 0 spiro atoms. The summed E-state index contributed by atoms with van der Waals surface area (Å²) in [4.78, 5) is 0. The molecule has 5 nitrogen and oxygen atoms in total. The normalized spacial score (nSPS) is 24.2. The van der Waals surface area contributed by atoms with Gasteiger partial charge < -0.3 is 4.74 Å². The van der Waals surface area contributed by atoms with Crippen molar-refractivity contribution < 1.29 is 9.26 Å². The van der Waals surface area contributed by atoms with Crippen LogP contribution in [0, 0.1) is 0 Å². The lowest BCUT2D eigenvalue weighted by Gasteiger charge is -2.17. The van der Waals surface area contributed by atoms with E-state index in [1.807, 2.05) is 0 Å². The van der Waals surface area contributed by atoms with Crippen molar-refractivity contribution in [1.29, 1.82) is 0 Å². The Hall–Kier alpha value is 0.190. The molecule has 0 amide bonds. The Morgan fingerprint density at radius 1 is 1.44 bits per heavy atom. The van der Waals surface area contributed by atoms with Crippen LogP contribution in [0.15, 0.2) is 26.4 Å². The third kappa shape index (κ3) is 6.06. The highest BCUT2D eigenvalue weighted by molar-refractivity contribution is 7.56. The van der Waals surface area contributed by atoms with E-state index >= 15 is 0 Å². The molecule has 0 bridgehead atoms. The van der Waals surface area contributed by atoms with E-state index in [2.05, 4.69) is 27.0 Å². The van der Waals surface area contributed by atoms with Gasteiger partial charge in [0.25, 0.3) is 0 Å². The van der Waals surface area contributed by atoms with Gasteiger partial charge in [0.15, 0.2) is 8.09 Å². The van der Waals surface area contributed by atoms with E-state index in [0.717, 1.165) is 12.8 Å². The smallest absolute Gasteiger partial charge is 0.205 e. The van der Waals surface area contributed by atoms with E-state index in [9.17, 15) is 0 Å². The highest BCUT2D eigenvalue weighted by Gasteiger charge is 2.10. The molecule has 4 atom stereocenters. The summed E-state index contributed by atoms with van der Waals surface area (Å²) >= 11 is 0. The van der Waals surface area contributed by atoms with E-state index < -0.39 is 8.09 Å². The van der Waals surface area contributed by atoms with E-state index in [-0.39, 0.29) is 23.3 Å². The van der Waals surface area contributed by atoms with Gasteiger partial charge in [-0.25, -0.2) is 9.03 Å². The minimum Gasteiger partial charge on any atom is -0.473 e. The van der Waals surface area contributed by atoms with Gasteiger partial charge in [0, 0.05) is 6.42 Å². The minimum atomic E-state index is -1.35. The zero-order valence-electron chi connectivity index (χ0n) is 9.50. The third-order valence-electron chi connectivity index (χ3n) is 2.00. The Morgan fingerprint density at radius 3 is 2.94 bits per heavy atom. The molecule has 0 aliphatic carbocycles. The second kappa shape index (κ2) is 9.24. The fraction of sp³-hybridized carbons (Fsp3) is 0.750. The highest BCUT2D eigenvalue weighted by atomic mass is 31.2. The largest absolute Gasteiger partial charge is 0.473 e. The van der Waals surface area contributed by atoms with E-state index in [0.29, 0.717) is 0 Å². The first-order valence-corrected chi connectivity index (χ1v) is 8.78. The lowest BCUT2D eigenvalue weighted by atomic mass is 10.2. The highest BCUT2D eigenvalue weighted by Crippen LogP contribution is 2.43. The zero-order chi connectivity index (χ0) is 11.6. The van der Waals surface area contributed by atoms with Crippen molar-refractivity contribution in [3.8, 4) is 0 Å². The number of hydrogen-bond acceptors (Lipinski definition) is 5. The molecule has 4 unspecified atom stereocenters. The quantitative estimate of drug-likeness (QED) is 0.288. The summed E-state index contributed by atoms with van der Waals surface area (Å²) in [5.74, 6) is 0. The summed E-state index contributed by atoms with van der Waals surface area (Å²) in [6.45, 7) is 5.74. The molecule has 8 heteroatoms. The Kier molecular flexibility index (Phi) is 8.23. The van der Waals surface area contributed by atoms with Gasteiger partial charge in [0.05, 0.1) is 23.3 Å². The molecule has 0 fully saturated rings. The first-order valence-electron chi connectivity index (χ1n) is 5.41. The minimum absolute atomic E-state index is 0.135. The molecule has 0 radical (unpaired) electrons. The van der Waals surface area contributed by atoms with Crippen molar-refractivity contribution in [1.82, 2.24) is 0 Å². The molecule has 1 heterocycles. The number of unbranched alkanes of at least 4 members (excludes halogenated alkanes) is 2. The van der Waals surface area contributed by atoms with Crippen LogP contribution in [0.1, 0.15) is 32.6 Å². The van der Waals surface area contributed by atoms with Crippen LogP contribution in [0.4, 0.5) is 0 Å². The lowest BCUT2D eigenvalue weighted by molar-refractivity contribution is -0.0267. The SMILES string of the molecule is C=COC(CCCCC)O[PH]1=N[PH2]=N[PH2]=N1. The third-order valence-corrected chi connectivity index (χ3v) is 6.23. The average Bonchev–Trinajstić information content (AvgIpc) is 2.31. The van der Waals surface area contributed by atoms with Crippen LogP contribution in [0.25, 0.3) is 0 Å². The Balaban J connectivity index is 2.37. The van der Waals surface area contributed by atoms with Crippen LogP contribution in [-0.4, -0.2) is 6.29 Å². The Bertz CT molecular complexity index is 307. The van der Waals surface area contributed by atoms with Crippen LogP contribution < -0.4 is 0 Å². The molecule has 0 N–H and O–H groups in total. The average molecular weight is 283 g/mol. The summed E-state index contributed by atoms with van der Waals surface area (Å²) in [5, 5.41) is 0. The monoisotopic (exact) mass is 283 g/mol. The Morgan fingerprint density at radius 2 is 2.31 bits per heavy atom. The maximum atomic E-state index is 5.74. The molecular formula is C8H20N3O2P3. The van der Waals surface area contributed by atoms with Crippen LogP contribution in [0.5, 0.6) is 0 Å². The standard InChI is InChI=1S/C8H20N3O2P3/c1-3-5-6-7-8(12-4-2)13-16-10-14-9-15-11-16/h4,8,16H,2-3,5-7,14-15H2,1H3. The predicted octanol–water partition coefficient (Wildman–Crippen LogP) is 4.33. The van der Waals surface area contributed by atoms with Gasteiger partial charge in [-0.1, -0.05) is 26.3 Å². The maximum Gasteiger partial charge on any atom is 0.205 e. The van der Waals surface area contributed by atoms with Crippen molar-refractivity contribution >= 4 is 25.1 Å². The molecule has 94 valence electrons. The fourth-order valence-electron chi connectivity index (χ4n) is 1.23. The van der Waals surface area contributed by atoms with Crippen LogP contribution >= 0.6 is 25.1 Å². The van der Waals surface area contributed by atoms with Gasteiger partial charge in [0.1, 0.15) is 0 Å². The summed E-state index contributed by atoms with van der Waals surface area (Å²) in [7, 11) is -1.62. The van der Waals surface area contributed by atoms with Gasteiger partial charge in [-0.05, 0) is 6.42 Å². The molecule has 0 aromatic heterocycles. The number of hydrogen-bond donors (Lipinski definition) is 0. The van der Waals surface area contributed by atoms with Crippen molar-refractivity contribution in [2.45, 2.75) is 38.9 Å². The van der Waals surface area contributed by atoms with Crippen LogP contribution in [0.3, 0.4) is 0 Å². The first-order chi connectivity index (χ1) is 7.86. The topological polar surface area (TPSA) is 55.5 Å². The molecule has 0 saturated carbocycles. The van der Waals surface area contributed by atoms with Crippen LogP contribution in [-0.2, 0) is 9.26 Å². The molecule has 0 aromatic carbocycles. The maximum absolute atomic E-state index is 5.74. The van der Waals surface area contributed by atoms with Gasteiger partial charge in [-0.2, -0.15) is 0 Å². The van der Waals surface area contributed by atoms with E-state index in [1.165, 1.54) is 19.1 Å². The summed E-state index contributed by atoms with van der Waals surface area (Å²) in [5.41, 5.74) is 0. The molecule has 0 aromatic rings. The summed E-state index contributed by atoms with van der Waals surface area (Å²) < 4.78 is 23.9. The number of nitrogens with zero attached hydrogens (tertiary/aromatic N) is 3. The van der Waals surface area contributed by atoms with Gasteiger partial charge >= 0.3 is 0 Å². The van der Waals surface area contributed by atoms with Gasteiger partial charge in [-0.15, -0.1) is 0 Å². The fourth-order valence-corrected chi connectivity index (χ4v) is 5.75. The van der Waals surface area contributed by atoms with Crippen molar-refractivity contribution in [3.63, 3.8) is 0 Å². The Labute approximate surface area is 100 Å². The second-order valence-corrected chi connectivity index (χ2v) is 7.79. The zero-order valence-corrected chi connectivity index (χ0v) is 12.8. The predicted molar refractivity (Wildman–Crippen MR) is 75.3 cm³/mol.